The second-order valence-corrected chi connectivity index (χ2v) is 11.5. The summed E-state index contributed by atoms with van der Waals surface area (Å²) in [7, 11) is -3.82. The number of amides is 2. The van der Waals surface area contributed by atoms with Crippen molar-refractivity contribution in [3.05, 3.63) is 63.1 Å². The van der Waals surface area contributed by atoms with Crippen molar-refractivity contribution in [2.75, 3.05) is 23.7 Å². The van der Waals surface area contributed by atoms with E-state index < -0.39 is 28.5 Å². The highest BCUT2D eigenvalue weighted by atomic mass is 35.5. The third kappa shape index (κ3) is 7.60. The topological polar surface area (TPSA) is 86.8 Å². The van der Waals surface area contributed by atoms with Gasteiger partial charge in [0.05, 0.1) is 11.9 Å². The zero-order valence-electron chi connectivity index (χ0n) is 21.5. The maximum atomic E-state index is 13.8. The highest BCUT2D eigenvalue weighted by Gasteiger charge is 2.33. The number of nitrogens with one attached hydrogen (secondary N) is 1. The summed E-state index contributed by atoms with van der Waals surface area (Å²) in [6.45, 7) is 7.39. The number of rotatable bonds is 12. The van der Waals surface area contributed by atoms with Gasteiger partial charge in [-0.3, -0.25) is 13.9 Å². The molecule has 0 unspecified atom stereocenters. The van der Waals surface area contributed by atoms with Crippen LogP contribution in [0.4, 0.5) is 5.69 Å². The van der Waals surface area contributed by atoms with Gasteiger partial charge in [0, 0.05) is 28.7 Å². The fourth-order valence-electron chi connectivity index (χ4n) is 4.05. The number of para-hydroxylation sites is 1. The lowest BCUT2D eigenvalue weighted by atomic mass is 10.1. The Balaban J connectivity index is 2.52. The smallest absolute Gasteiger partial charge is 0.244 e. The van der Waals surface area contributed by atoms with Crippen molar-refractivity contribution in [1.29, 1.82) is 0 Å². The number of nitrogens with zero attached hydrogens (tertiary/aromatic N) is 2. The Kier molecular flexibility index (Phi) is 11.1. The number of aryl methyl sites for hydroxylation is 2. The first-order valence-corrected chi connectivity index (χ1v) is 14.6. The monoisotopic (exact) mass is 555 g/mol. The molecule has 0 aliphatic rings. The van der Waals surface area contributed by atoms with Gasteiger partial charge in [-0.15, -0.1) is 0 Å². The molecular formula is C26H35Cl2N3O4S. The maximum absolute atomic E-state index is 13.8. The lowest BCUT2D eigenvalue weighted by Crippen LogP contribution is -2.52. The molecule has 10 heteroatoms. The molecule has 198 valence electrons. The Morgan fingerprint density at radius 3 is 2.06 bits per heavy atom. The molecule has 0 saturated heterocycles. The SMILES string of the molecule is CCCCNC(=O)[C@H](CC)N(Cc1c(Cl)cccc1Cl)C(=O)CN(c1c(C)cccc1C)S(C)(=O)=O. The van der Waals surface area contributed by atoms with Crippen LogP contribution < -0.4 is 9.62 Å². The number of unbranched alkanes of at least 4 members (excludes halogenated alkanes) is 1. The van der Waals surface area contributed by atoms with Gasteiger partial charge in [0.25, 0.3) is 0 Å². The molecule has 0 aliphatic heterocycles. The molecule has 0 heterocycles. The summed E-state index contributed by atoms with van der Waals surface area (Å²) >= 11 is 12.8. The zero-order chi connectivity index (χ0) is 27.0. The first-order chi connectivity index (χ1) is 16.9. The number of benzene rings is 2. The lowest BCUT2D eigenvalue weighted by Gasteiger charge is -2.34. The van der Waals surface area contributed by atoms with Crippen molar-refractivity contribution in [2.45, 2.75) is 59.5 Å². The molecule has 2 amide bonds. The standard InChI is InChI=1S/C26H35Cl2N3O4S/c1-6-8-15-29-26(33)23(7-2)30(16-20-21(27)13-10-14-22(20)28)24(32)17-31(36(5,34)35)25-18(3)11-9-12-19(25)4/h9-14,23H,6-8,15-17H2,1-5H3,(H,29,33)/t23-/m0/s1. The van der Waals surface area contributed by atoms with E-state index in [2.05, 4.69) is 5.32 Å². The minimum absolute atomic E-state index is 0.0403. The molecule has 0 radical (unpaired) electrons. The number of hydrogen-bond donors (Lipinski definition) is 1. The Labute approximate surface area is 224 Å². The molecule has 0 fully saturated rings. The van der Waals surface area contributed by atoms with Gasteiger partial charge in [-0.1, -0.05) is 67.7 Å². The van der Waals surface area contributed by atoms with E-state index in [0.29, 0.717) is 34.3 Å². The number of hydrogen-bond acceptors (Lipinski definition) is 4. The summed E-state index contributed by atoms with van der Waals surface area (Å²) in [4.78, 5) is 28.3. The normalized spacial score (nSPS) is 12.2. The third-order valence-electron chi connectivity index (χ3n) is 5.97. The Morgan fingerprint density at radius 2 is 1.56 bits per heavy atom. The van der Waals surface area contributed by atoms with Gasteiger partial charge < -0.3 is 10.2 Å². The van der Waals surface area contributed by atoms with Crippen LogP contribution in [-0.4, -0.2) is 50.5 Å². The third-order valence-corrected chi connectivity index (χ3v) is 7.79. The highest BCUT2D eigenvalue weighted by Crippen LogP contribution is 2.29. The highest BCUT2D eigenvalue weighted by molar-refractivity contribution is 7.92. The van der Waals surface area contributed by atoms with Crippen molar-refractivity contribution in [2.24, 2.45) is 0 Å². The summed E-state index contributed by atoms with van der Waals surface area (Å²) in [6.07, 6.45) is 3.11. The summed E-state index contributed by atoms with van der Waals surface area (Å²) in [5.74, 6) is -0.836. The van der Waals surface area contributed by atoms with E-state index in [1.54, 1.807) is 51.1 Å². The second kappa shape index (κ2) is 13.3. The molecule has 0 aliphatic carbocycles. The second-order valence-electron chi connectivity index (χ2n) is 8.80. The van der Waals surface area contributed by atoms with Crippen LogP contribution in [0.5, 0.6) is 0 Å². The molecule has 2 aromatic rings. The van der Waals surface area contributed by atoms with Gasteiger partial charge in [-0.2, -0.15) is 0 Å². The number of anilines is 1. The summed E-state index contributed by atoms with van der Waals surface area (Å²) in [5, 5.41) is 3.60. The Morgan fingerprint density at radius 1 is 1.00 bits per heavy atom. The minimum atomic E-state index is -3.82. The van der Waals surface area contributed by atoms with E-state index in [-0.39, 0.29) is 12.5 Å². The van der Waals surface area contributed by atoms with E-state index in [1.807, 2.05) is 13.0 Å². The predicted octanol–water partition coefficient (Wildman–Crippen LogP) is 5.10. The van der Waals surface area contributed by atoms with Crippen molar-refractivity contribution in [1.82, 2.24) is 10.2 Å². The molecule has 36 heavy (non-hydrogen) atoms. The van der Waals surface area contributed by atoms with Crippen molar-refractivity contribution in [3.8, 4) is 0 Å². The molecule has 0 bridgehead atoms. The van der Waals surface area contributed by atoms with Crippen LogP contribution in [0.3, 0.4) is 0 Å². The quantitative estimate of drug-likeness (QED) is 0.369. The number of carbonyl (C=O) groups is 2. The van der Waals surface area contributed by atoms with Crippen LogP contribution in [0.2, 0.25) is 10.0 Å². The fraction of sp³-hybridized carbons (Fsp3) is 0.462. The van der Waals surface area contributed by atoms with Crippen LogP contribution in [-0.2, 0) is 26.2 Å². The first-order valence-electron chi connectivity index (χ1n) is 12.0. The van der Waals surface area contributed by atoms with E-state index in [4.69, 9.17) is 23.2 Å². The fourth-order valence-corrected chi connectivity index (χ4v) is 5.54. The lowest BCUT2D eigenvalue weighted by molar-refractivity contribution is -0.140. The van der Waals surface area contributed by atoms with Gasteiger partial charge in [-0.25, -0.2) is 8.42 Å². The molecule has 0 saturated carbocycles. The van der Waals surface area contributed by atoms with Gasteiger partial charge in [0.1, 0.15) is 12.6 Å². The molecular weight excluding hydrogens is 521 g/mol. The average molecular weight is 557 g/mol. The number of halogens is 2. The van der Waals surface area contributed by atoms with Crippen LogP contribution in [0, 0.1) is 13.8 Å². The van der Waals surface area contributed by atoms with Crippen LogP contribution in [0.15, 0.2) is 36.4 Å². The van der Waals surface area contributed by atoms with Crippen molar-refractivity contribution < 1.29 is 18.0 Å². The molecule has 7 nitrogen and oxygen atoms in total. The van der Waals surface area contributed by atoms with Crippen LogP contribution in [0.1, 0.15) is 49.8 Å². The summed E-state index contributed by atoms with van der Waals surface area (Å²) in [6, 6.07) is 9.60. The molecule has 0 spiro atoms. The van der Waals surface area contributed by atoms with E-state index >= 15 is 0 Å². The van der Waals surface area contributed by atoms with E-state index in [9.17, 15) is 18.0 Å². The number of sulfonamides is 1. The molecule has 1 atom stereocenters. The van der Waals surface area contributed by atoms with E-state index in [1.165, 1.54) is 4.90 Å². The molecule has 2 rings (SSSR count). The molecule has 0 aromatic heterocycles. The van der Waals surface area contributed by atoms with Crippen LogP contribution >= 0.6 is 23.2 Å². The summed E-state index contributed by atoms with van der Waals surface area (Å²) in [5.41, 5.74) is 2.38. The van der Waals surface area contributed by atoms with Gasteiger partial charge in [0.15, 0.2) is 0 Å². The van der Waals surface area contributed by atoms with Crippen molar-refractivity contribution >= 4 is 50.7 Å². The predicted molar refractivity (Wildman–Crippen MR) is 147 cm³/mol. The zero-order valence-corrected chi connectivity index (χ0v) is 23.8. The van der Waals surface area contributed by atoms with Gasteiger partial charge in [-0.05, 0) is 49.9 Å². The van der Waals surface area contributed by atoms with E-state index in [0.717, 1.165) is 34.5 Å². The Hall–Kier alpha value is -2.29. The molecule has 2 aromatic carbocycles. The first kappa shape index (κ1) is 29.9. The average Bonchev–Trinajstić information content (AvgIpc) is 2.79. The van der Waals surface area contributed by atoms with Crippen molar-refractivity contribution in [3.63, 3.8) is 0 Å². The van der Waals surface area contributed by atoms with Gasteiger partial charge in [0.2, 0.25) is 21.8 Å². The number of carbonyl (C=O) groups excluding carboxylic acids is 2. The molecule has 1 N–H and O–H groups in total. The maximum Gasteiger partial charge on any atom is 0.244 e. The van der Waals surface area contributed by atoms with Crippen LogP contribution in [0.25, 0.3) is 0 Å². The Bertz CT molecular complexity index is 1150. The summed E-state index contributed by atoms with van der Waals surface area (Å²) < 4.78 is 26.8. The largest absolute Gasteiger partial charge is 0.354 e. The minimum Gasteiger partial charge on any atom is -0.354 e. The van der Waals surface area contributed by atoms with Gasteiger partial charge >= 0.3 is 0 Å².